The number of benzene rings is 2. The largest absolute Gasteiger partial charge is 0.347 e. The number of carbonyl (C=O) groups excluding carboxylic acids is 2. The van der Waals surface area contributed by atoms with E-state index in [0.717, 1.165) is 41.8 Å². The number of hydrogen-bond acceptors (Lipinski definition) is 4. The van der Waals surface area contributed by atoms with Gasteiger partial charge in [0.15, 0.2) is 0 Å². The lowest BCUT2D eigenvalue weighted by atomic mass is 10.1. The van der Waals surface area contributed by atoms with Gasteiger partial charge in [0.1, 0.15) is 5.69 Å². The molecule has 1 aromatic heterocycles. The van der Waals surface area contributed by atoms with Gasteiger partial charge in [-0.2, -0.15) is 10.2 Å². The molecule has 7 heteroatoms. The van der Waals surface area contributed by atoms with E-state index in [2.05, 4.69) is 22.8 Å². The standard InChI is InChI=1S/C28H35N5O2/c1-2-3-4-5-6-7-14-19-26(34)29-21-27(35)31-30-20-24-22-33(25-17-12-9-13-18-25)32-28(24)23-15-10-8-11-16-23/h8-13,15-18,20,22H,2-7,14,19,21H2,1H3,(H,29,34)(H,31,35). The molecule has 0 bridgehead atoms. The third kappa shape index (κ3) is 8.85. The highest BCUT2D eigenvalue weighted by Gasteiger charge is 2.11. The summed E-state index contributed by atoms with van der Waals surface area (Å²) in [5, 5.41) is 11.5. The first kappa shape index (κ1) is 25.9. The molecule has 3 aromatic rings. The van der Waals surface area contributed by atoms with E-state index in [0.29, 0.717) is 6.42 Å². The molecule has 2 N–H and O–H groups in total. The van der Waals surface area contributed by atoms with Gasteiger partial charge in [0.2, 0.25) is 5.91 Å². The van der Waals surface area contributed by atoms with E-state index < -0.39 is 0 Å². The number of rotatable bonds is 14. The molecular weight excluding hydrogens is 438 g/mol. The van der Waals surface area contributed by atoms with E-state index in [1.165, 1.54) is 25.7 Å². The molecule has 184 valence electrons. The zero-order chi connectivity index (χ0) is 24.7. The van der Waals surface area contributed by atoms with Gasteiger partial charge in [-0.1, -0.05) is 94.0 Å². The average Bonchev–Trinajstić information content (AvgIpc) is 3.32. The van der Waals surface area contributed by atoms with E-state index >= 15 is 0 Å². The van der Waals surface area contributed by atoms with Gasteiger partial charge in [0.25, 0.3) is 5.91 Å². The molecule has 0 aliphatic rings. The smallest absolute Gasteiger partial charge is 0.259 e. The Kier molecular flexibility index (Phi) is 10.7. The second-order valence-corrected chi connectivity index (χ2v) is 8.52. The molecule has 2 aromatic carbocycles. The normalized spacial score (nSPS) is 11.0. The third-order valence-corrected chi connectivity index (χ3v) is 5.66. The van der Waals surface area contributed by atoms with Crippen molar-refractivity contribution in [1.29, 1.82) is 0 Å². The Bertz CT molecular complexity index is 1080. The van der Waals surface area contributed by atoms with Gasteiger partial charge in [-0.3, -0.25) is 9.59 Å². The van der Waals surface area contributed by atoms with E-state index in [-0.39, 0.29) is 18.4 Å². The summed E-state index contributed by atoms with van der Waals surface area (Å²) in [6, 6.07) is 19.6. The van der Waals surface area contributed by atoms with E-state index in [4.69, 9.17) is 5.10 Å². The maximum atomic E-state index is 12.1. The van der Waals surface area contributed by atoms with Gasteiger partial charge in [-0.15, -0.1) is 0 Å². The Morgan fingerprint density at radius 1 is 0.886 bits per heavy atom. The fourth-order valence-electron chi connectivity index (χ4n) is 3.74. The van der Waals surface area contributed by atoms with Crippen molar-refractivity contribution in [3.05, 3.63) is 72.4 Å². The molecule has 7 nitrogen and oxygen atoms in total. The van der Waals surface area contributed by atoms with Crippen LogP contribution in [0.1, 0.15) is 63.9 Å². The summed E-state index contributed by atoms with van der Waals surface area (Å²) in [4.78, 5) is 24.1. The van der Waals surface area contributed by atoms with Crippen molar-refractivity contribution in [1.82, 2.24) is 20.5 Å². The highest BCUT2D eigenvalue weighted by Crippen LogP contribution is 2.22. The van der Waals surface area contributed by atoms with Crippen LogP contribution in [0.3, 0.4) is 0 Å². The highest BCUT2D eigenvalue weighted by molar-refractivity contribution is 5.90. The third-order valence-electron chi connectivity index (χ3n) is 5.66. The predicted octanol–water partition coefficient (Wildman–Crippen LogP) is 5.25. The topological polar surface area (TPSA) is 88.4 Å². The molecule has 0 aliphatic carbocycles. The molecule has 0 atom stereocenters. The van der Waals surface area contributed by atoms with Gasteiger partial charge in [0.05, 0.1) is 18.4 Å². The second-order valence-electron chi connectivity index (χ2n) is 8.52. The Balaban J connectivity index is 1.49. The first-order valence-electron chi connectivity index (χ1n) is 12.5. The number of para-hydroxylation sites is 1. The maximum absolute atomic E-state index is 12.1. The minimum Gasteiger partial charge on any atom is -0.347 e. The van der Waals surface area contributed by atoms with Crippen LogP contribution in [0.2, 0.25) is 0 Å². The molecule has 35 heavy (non-hydrogen) atoms. The Labute approximate surface area is 207 Å². The lowest BCUT2D eigenvalue weighted by Crippen LogP contribution is -2.34. The van der Waals surface area contributed by atoms with Gasteiger partial charge < -0.3 is 5.32 Å². The van der Waals surface area contributed by atoms with Crippen LogP contribution in [0.5, 0.6) is 0 Å². The van der Waals surface area contributed by atoms with E-state index in [1.54, 1.807) is 10.9 Å². The molecule has 2 amide bonds. The van der Waals surface area contributed by atoms with Gasteiger partial charge in [-0.25, -0.2) is 10.1 Å². The van der Waals surface area contributed by atoms with Crippen molar-refractivity contribution in [3.63, 3.8) is 0 Å². The Morgan fingerprint density at radius 2 is 1.54 bits per heavy atom. The van der Waals surface area contributed by atoms with Crippen molar-refractivity contribution in [3.8, 4) is 16.9 Å². The Morgan fingerprint density at radius 3 is 2.26 bits per heavy atom. The number of amides is 2. The summed E-state index contributed by atoms with van der Waals surface area (Å²) < 4.78 is 1.79. The molecule has 3 rings (SSSR count). The quantitative estimate of drug-likeness (QED) is 0.190. The minimum absolute atomic E-state index is 0.0957. The molecule has 0 radical (unpaired) electrons. The number of unbranched alkanes of at least 4 members (excludes halogenated alkanes) is 6. The molecule has 0 saturated heterocycles. The van der Waals surface area contributed by atoms with Crippen molar-refractivity contribution < 1.29 is 9.59 Å². The molecule has 0 spiro atoms. The van der Waals surface area contributed by atoms with Crippen LogP contribution in [-0.2, 0) is 9.59 Å². The van der Waals surface area contributed by atoms with Gasteiger partial charge >= 0.3 is 0 Å². The number of aromatic nitrogens is 2. The zero-order valence-electron chi connectivity index (χ0n) is 20.5. The van der Waals surface area contributed by atoms with Gasteiger partial charge in [-0.05, 0) is 18.6 Å². The molecule has 0 fully saturated rings. The van der Waals surface area contributed by atoms with Crippen molar-refractivity contribution in [2.75, 3.05) is 6.54 Å². The van der Waals surface area contributed by atoms with Crippen LogP contribution >= 0.6 is 0 Å². The summed E-state index contributed by atoms with van der Waals surface area (Å²) in [7, 11) is 0. The van der Waals surface area contributed by atoms with Crippen LogP contribution in [-0.4, -0.2) is 34.4 Å². The molecule has 1 heterocycles. The summed E-state index contributed by atoms with van der Waals surface area (Å²) in [5.74, 6) is -0.473. The van der Waals surface area contributed by atoms with Crippen LogP contribution < -0.4 is 10.7 Å². The average molecular weight is 474 g/mol. The number of hydrogen-bond donors (Lipinski definition) is 2. The fraction of sp³-hybridized carbons (Fsp3) is 0.357. The Hall–Kier alpha value is -3.74. The summed E-state index contributed by atoms with van der Waals surface area (Å²) >= 11 is 0. The van der Waals surface area contributed by atoms with Crippen LogP contribution in [0.4, 0.5) is 0 Å². The molecule has 0 saturated carbocycles. The summed E-state index contributed by atoms with van der Waals surface area (Å²) in [5.41, 5.74) is 5.89. The van der Waals surface area contributed by atoms with Crippen LogP contribution in [0.25, 0.3) is 16.9 Å². The lowest BCUT2D eigenvalue weighted by molar-refractivity contribution is -0.126. The number of hydrazone groups is 1. The monoisotopic (exact) mass is 473 g/mol. The van der Waals surface area contributed by atoms with Crippen molar-refractivity contribution in [2.45, 2.75) is 58.3 Å². The first-order valence-corrected chi connectivity index (χ1v) is 12.5. The predicted molar refractivity (Wildman–Crippen MR) is 140 cm³/mol. The first-order chi connectivity index (χ1) is 17.2. The highest BCUT2D eigenvalue weighted by atomic mass is 16.2. The van der Waals surface area contributed by atoms with Crippen LogP contribution in [0.15, 0.2) is 72.0 Å². The van der Waals surface area contributed by atoms with Crippen LogP contribution in [0, 0.1) is 0 Å². The molecule has 0 aliphatic heterocycles. The summed E-state index contributed by atoms with van der Waals surface area (Å²) in [6.07, 6.45) is 12.0. The molecular formula is C28H35N5O2. The number of nitrogens with zero attached hydrogens (tertiary/aromatic N) is 3. The fourth-order valence-corrected chi connectivity index (χ4v) is 3.74. The summed E-state index contributed by atoms with van der Waals surface area (Å²) in [6.45, 7) is 2.11. The minimum atomic E-state index is -0.370. The number of nitrogens with one attached hydrogen (secondary N) is 2. The van der Waals surface area contributed by atoms with Crippen molar-refractivity contribution >= 4 is 18.0 Å². The van der Waals surface area contributed by atoms with E-state index in [9.17, 15) is 9.59 Å². The maximum Gasteiger partial charge on any atom is 0.259 e. The number of carbonyl (C=O) groups is 2. The lowest BCUT2D eigenvalue weighted by Gasteiger charge is -2.04. The SMILES string of the molecule is CCCCCCCCCC(=O)NCC(=O)NN=Cc1cn(-c2ccccc2)nc1-c1ccccc1. The zero-order valence-corrected chi connectivity index (χ0v) is 20.5. The second kappa shape index (κ2) is 14.5. The van der Waals surface area contributed by atoms with Crippen molar-refractivity contribution in [2.24, 2.45) is 5.10 Å². The van der Waals surface area contributed by atoms with E-state index in [1.807, 2.05) is 66.9 Å². The van der Waals surface area contributed by atoms with Gasteiger partial charge in [0, 0.05) is 23.7 Å². The molecule has 0 unspecified atom stereocenters.